The fourth-order valence-electron chi connectivity index (χ4n) is 0.850. The summed E-state index contributed by atoms with van der Waals surface area (Å²) in [5.41, 5.74) is 0. The Hall–Kier alpha value is -2.10. The minimum atomic E-state index is -0.434. The largest absolute Gasteiger partial charge is 0.466 e. The van der Waals surface area contributed by atoms with Crippen molar-refractivity contribution in [1.29, 1.82) is 0 Å². The molecular weight excluding hydrogens is 220 g/mol. The van der Waals surface area contributed by atoms with Gasteiger partial charge in [-0.3, -0.25) is 4.79 Å². The summed E-state index contributed by atoms with van der Waals surface area (Å²) in [5.74, 6) is -0.105. The summed E-state index contributed by atoms with van der Waals surface area (Å²) in [6.45, 7) is 6.94. The van der Waals surface area contributed by atoms with Crippen LogP contribution >= 0.6 is 0 Å². The van der Waals surface area contributed by atoms with Crippen LogP contribution in [-0.4, -0.2) is 18.5 Å². The second-order valence-corrected chi connectivity index (χ2v) is 2.86. The van der Waals surface area contributed by atoms with Gasteiger partial charge in [0.05, 0.1) is 6.61 Å². The molecule has 92 valence electrons. The zero-order valence-corrected chi connectivity index (χ0v) is 10.0. The molecule has 0 amide bonds. The molecule has 0 bridgehead atoms. The maximum absolute atomic E-state index is 10.6. The molecule has 0 radical (unpaired) electrons. The Kier molecular flexibility index (Phi) is 8.02. The van der Waals surface area contributed by atoms with Gasteiger partial charge in [-0.2, -0.15) is 0 Å². The average molecular weight is 236 g/mol. The van der Waals surface area contributed by atoms with Gasteiger partial charge in [-0.25, -0.2) is 4.79 Å². The number of benzene rings is 1. The molecule has 0 heterocycles. The highest BCUT2D eigenvalue weighted by atomic mass is 16.5. The van der Waals surface area contributed by atoms with Gasteiger partial charge in [0.2, 0.25) is 0 Å². The van der Waals surface area contributed by atoms with Crippen LogP contribution in [0.4, 0.5) is 0 Å². The van der Waals surface area contributed by atoms with Crippen LogP contribution in [0.5, 0.6) is 5.75 Å². The molecule has 0 unspecified atom stereocenters. The van der Waals surface area contributed by atoms with Crippen molar-refractivity contribution in [3.63, 3.8) is 0 Å². The van der Waals surface area contributed by atoms with Crippen LogP contribution in [0.3, 0.4) is 0 Å². The Morgan fingerprint density at radius 1 is 1.29 bits per heavy atom. The molecule has 0 spiro atoms. The normalized spacial score (nSPS) is 8.35. The Morgan fingerprint density at radius 3 is 2.24 bits per heavy atom. The first kappa shape index (κ1) is 14.9. The highest BCUT2D eigenvalue weighted by molar-refractivity contribution is 5.83. The first-order chi connectivity index (χ1) is 8.10. The molecule has 0 fully saturated rings. The number of carbonyl (C=O) groups is 2. The number of ether oxygens (including phenoxy) is 2. The molecule has 0 aliphatic rings. The highest BCUT2D eigenvalue weighted by Gasteiger charge is 1.95. The number of carbonyl (C=O) groups excluding carboxylic acids is 2. The lowest BCUT2D eigenvalue weighted by Crippen LogP contribution is -2.02. The topological polar surface area (TPSA) is 52.6 Å². The lowest BCUT2D eigenvalue weighted by molar-refractivity contribution is -0.140. The molecule has 1 rings (SSSR count). The van der Waals surface area contributed by atoms with E-state index in [0.29, 0.717) is 12.4 Å². The first-order valence-corrected chi connectivity index (χ1v) is 5.12. The van der Waals surface area contributed by atoms with E-state index in [1.807, 2.05) is 6.07 Å². The zero-order chi connectivity index (χ0) is 13.1. The molecule has 4 nitrogen and oxygen atoms in total. The number of rotatable bonds is 3. The molecular formula is C13H16O4. The summed E-state index contributed by atoms with van der Waals surface area (Å²) >= 11 is 0. The molecule has 1 aromatic carbocycles. The number of hydrogen-bond donors (Lipinski definition) is 0. The fraction of sp³-hybridized carbons (Fsp3) is 0.231. The summed E-state index contributed by atoms with van der Waals surface area (Å²) < 4.78 is 9.21. The van der Waals surface area contributed by atoms with Crippen molar-refractivity contribution in [1.82, 2.24) is 0 Å². The quantitative estimate of drug-likeness (QED) is 0.459. The van der Waals surface area contributed by atoms with Gasteiger partial charge in [0.25, 0.3) is 0 Å². The van der Waals surface area contributed by atoms with E-state index in [1.165, 1.54) is 6.92 Å². The monoisotopic (exact) mass is 236 g/mol. The number of esters is 2. The zero-order valence-electron chi connectivity index (χ0n) is 10.0. The predicted molar refractivity (Wildman–Crippen MR) is 64.6 cm³/mol. The molecule has 0 aliphatic heterocycles. The molecule has 0 N–H and O–H groups in total. The molecule has 17 heavy (non-hydrogen) atoms. The molecule has 1 aromatic rings. The van der Waals surface area contributed by atoms with Crippen molar-refractivity contribution < 1.29 is 19.1 Å². The van der Waals surface area contributed by atoms with Crippen LogP contribution in [0.2, 0.25) is 0 Å². The summed E-state index contributed by atoms with van der Waals surface area (Å²) in [7, 11) is 0. The molecule has 0 atom stereocenters. The molecule has 0 aliphatic carbocycles. The van der Waals surface area contributed by atoms with E-state index in [4.69, 9.17) is 4.74 Å². The van der Waals surface area contributed by atoms with Gasteiger partial charge in [0.1, 0.15) is 5.75 Å². The third kappa shape index (κ3) is 8.87. The van der Waals surface area contributed by atoms with E-state index in [1.54, 1.807) is 31.2 Å². The lowest BCUT2D eigenvalue weighted by Gasteiger charge is -1.98. The van der Waals surface area contributed by atoms with Crippen molar-refractivity contribution >= 4 is 11.9 Å². The van der Waals surface area contributed by atoms with Crippen molar-refractivity contribution in [3.8, 4) is 5.75 Å². The van der Waals surface area contributed by atoms with Gasteiger partial charge < -0.3 is 9.47 Å². The lowest BCUT2D eigenvalue weighted by atomic mass is 10.3. The Morgan fingerprint density at radius 2 is 1.88 bits per heavy atom. The molecule has 0 saturated heterocycles. The van der Waals surface area contributed by atoms with Gasteiger partial charge >= 0.3 is 11.9 Å². The van der Waals surface area contributed by atoms with Crippen molar-refractivity contribution in [2.45, 2.75) is 13.8 Å². The van der Waals surface area contributed by atoms with Gasteiger partial charge in [-0.1, -0.05) is 24.8 Å². The molecule has 4 heteroatoms. The maximum Gasteiger partial charge on any atom is 0.335 e. The smallest absolute Gasteiger partial charge is 0.335 e. The third-order valence-electron chi connectivity index (χ3n) is 1.48. The van der Waals surface area contributed by atoms with E-state index in [2.05, 4.69) is 11.3 Å². The number of para-hydroxylation sites is 1. The van der Waals surface area contributed by atoms with Crippen LogP contribution in [0.1, 0.15) is 13.8 Å². The van der Waals surface area contributed by atoms with Gasteiger partial charge in [0, 0.05) is 13.0 Å². The standard InChI is InChI=1S/C9H8O2.C4H8O2/c1-2-9(10)11-8-6-4-3-5-7-8;1-3-6-4(2)5/h2-7H,1H2;3H2,1-2H3. The number of hydrogen-bond acceptors (Lipinski definition) is 4. The van der Waals surface area contributed by atoms with E-state index in [-0.39, 0.29) is 5.97 Å². The Labute approximate surface area is 101 Å². The second-order valence-electron chi connectivity index (χ2n) is 2.86. The van der Waals surface area contributed by atoms with Crippen molar-refractivity contribution in [3.05, 3.63) is 43.0 Å². The predicted octanol–water partition coefficient (Wildman–Crippen LogP) is 2.35. The van der Waals surface area contributed by atoms with E-state index in [9.17, 15) is 9.59 Å². The maximum atomic E-state index is 10.6. The summed E-state index contributed by atoms with van der Waals surface area (Å²) in [6, 6.07) is 8.87. The average Bonchev–Trinajstić information content (AvgIpc) is 2.31. The minimum absolute atomic E-state index is 0.211. The summed E-state index contributed by atoms with van der Waals surface area (Å²) in [4.78, 5) is 20.5. The van der Waals surface area contributed by atoms with Gasteiger partial charge in [0.15, 0.2) is 0 Å². The first-order valence-electron chi connectivity index (χ1n) is 5.12. The van der Waals surface area contributed by atoms with Crippen LogP contribution in [0, 0.1) is 0 Å². The van der Waals surface area contributed by atoms with Crippen LogP contribution < -0.4 is 4.74 Å². The third-order valence-corrected chi connectivity index (χ3v) is 1.48. The van der Waals surface area contributed by atoms with E-state index < -0.39 is 5.97 Å². The van der Waals surface area contributed by atoms with Crippen LogP contribution in [0.25, 0.3) is 0 Å². The van der Waals surface area contributed by atoms with Gasteiger partial charge in [-0.15, -0.1) is 0 Å². The Bertz CT molecular complexity index is 357. The van der Waals surface area contributed by atoms with E-state index >= 15 is 0 Å². The van der Waals surface area contributed by atoms with Crippen LogP contribution in [0.15, 0.2) is 43.0 Å². The molecule has 0 aromatic heterocycles. The van der Waals surface area contributed by atoms with Gasteiger partial charge in [-0.05, 0) is 19.1 Å². The highest BCUT2D eigenvalue weighted by Crippen LogP contribution is 2.07. The molecule has 0 saturated carbocycles. The summed E-state index contributed by atoms with van der Waals surface area (Å²) in [5, 5.41) is 0. The van der Waals surface area contributed by atoms with Crippen molar-refractivity contribution in [2.24, 2.45) is 0 Å². The SMILES string of the molecule is C=CC(=O)Oc1ccccc1.CCOC(C)=O. The summed E-state index contributed by atoms with van der Waals surface area (Å²) in [6.07, 6.45) is 1.13. The van der Waals surface area contributed by atoms with Crippen LogP contribution in [-0.2, 0) is 14.3 Å². The van der Waals surface area contributed by atoms with Crippen molar-refractivity contribution in [2.75, 3.05) is 6.61 Å². The Balaban J connectivity index is 0.000000366. The second kappa shape index (κ2) is 9.15. The fourth-order valence-corrected chi connectivity index (χ4v) is 0.850. The van der Waals surface area contributed by atoms with E-state index in [0.717, 1.165) is 6.08 Å². The minimum Gasteiger partial charge on any atom is -0.466 e.